The van der Waals surface area contributed by atoms with Crippen LogP contribution in [0.4, 0.5) is 0 Å². The van der Waals surface area contributed by atoms with Gasteiger partial charge in [-0.2, -0.15) is 0 Å². The molecular formula is C13H20N2O2S. The largest absolute Gasteiger partial charge is 0.342 e. The smallest absolute Gasteiger partial charge is 0.264 e. The Kier molecular flexibility index (Phi) is 5.34. The number of hydrogen-bond donors (Lipinski definition) is 0. The molecule has 4 nitrogen and oxygen atoms in total. The number of amides is 2. The number of carbonyl (C=O) groups excluding carboxylic acids is 2. The average molecular weight is 268 g/mol. The van der Waals surface area contributed by atoms with Crippen LogP contribution in [0.15, 0.2) is 11.4 Å². The van der Waals surface area contributed by atoms with Gasteiger partial charge in [-0.25, -0.2) is 0 Å². The Balaban J connectivity index is 0.000000771. The molecule has 0 spiro atoms. The number of thiophene rings is 1. The molecule has 0 atom stereocenters. The van der Waals surface area contributed by atoms with E-state index in [0.717, 1.165) is 10.4 Å². The van der Waals surface area contributed by atoms with Crippen molar-refractivity contribution in [2.45, 2.75) is 20.8 Å². The Hall–Kier alpha value is -1.36. The Morgan fingerprint density at radius 1 is 1.33 bits per heavy atom. The van der Waals surface area contributed by atoms with Gasteiger partial charge in [-0.05, 0) is 23.9 Å². The van der Waals surface area contributed by atoms with E-state index in [9.17, 15) is 9.59 Å². The quantitative estimate of drug-likeness (QED) is 0.781. The molecule has 0 unspecified atom stereocenters. The van der Waals surface area contributed by atoms with Crippen molar-refractivity contribution in [3.8, 4) is 0 Å². The summed E-state index contributed by atoms with van der Waals surface area (Å²) in [6.45, 7) is 7.40. The van der Waals surface area contributed by atoms with Crippen LogP contribution in [0.5, 0.6) is 0 Å². The van der Waals surface area contributed by atoms with E-state index < -0.39 is 0 Å². The highest BCUT2D eigenvalue weighted by molar-refractivity contribution is 7.12. The minimum atomic E-state index is -0.0282. The maximum absolute atomic E-state index is 12.0. The normalized spacial score (nSPS) is 15.2. The van der Waals surface area contributed by atoms with E-state index in [1.807, 2.05) is 32.2 Å². The minimum Gasteiger partial charge on any atom is -0.342 e. The third-order valence-corrected chi connectivity index (χ3v) is 3.72. The van der Waals surface area contributed by atoms with Crippen molar-refractivity contribution in [2.24, 2.45) is 0 Å². The van der Waals surface area contributed by atoms with Crippen LogP contribution in [0.2, 0.25) is 0 Å². The van der Waals surface area contributed by atoms with Crippen molar-refractivity contribution in [1.29, 1.82) is 0 Å². The van der Waals surface area contributed by atoms with Crippen LogP contribution in [0, 0.1) is 6.92 Å². The predicted octanol–water partition coefficient (Wildman–Crippen LogP) is 2.00. The van der Waals surface area contributed by atoms with Crippen molar-refractivity contribution in [3.63, 3.8) is 0 Å². The third kappa shape index (κ3) is 3.32. The summed E-state index contributed by atoms with van der Waals surface area (Å²) in [5.74, 6) is -0.0209. The van der Waals surface area contributed by atoms with Gasteiger partial charge in [0.05, 0.1) is 4.88 Å². The maximum Gasteiger partial charge on any atom is 0.264 e. The van der Waals surface area contributed by atoms with Crippen LogP contribution in [-0.4, -0.2) is 48.3 Å². The van der Waals surface area contributed by atoms with Crippen molar-refractivity contribution in [3.05, 3.63) is 21.9 Å². The Morgan fingerprint density at radius 3 is 2.50 bits per heavy atom. The number of aryl methyl sites for hydroxylation is 1. The fourth-order valence-electron chi connectivity index (χ4n) is 1.63. The summed E-state index contributed by atoms with van der Waals surface area (Å²) in [7, 11) is 1.76. The molecule has 0 radical (unpaired) electrons. The van der Waals surface area contributed by atoms with Gasteiger partial charge in [-0.3, -0.25) is 9.59 Å². The topological polar surface area (TPSA) is 40.6 Å². The first-order chi connectivity index (χ1) is 8.58. The van der Waals surface area contributed by atoms with Gasteiger partial charge in [-0.15, -0.1) is 11.3 Å². The molecule has 0 saturated carbocycles. The highest BCUT2D eigenvalue weighted by atomic mass is 32.1. The summed E-state index contributed by atoms with van der Waals surface area (Å²) in [5, 5.41) is 1.95. The molecule has 1 fully saturated rings. The molecule has 0 aromatic carbocycles. The van der Waals surface area contributed by atoms with E-state index in [0.29, 0.717) is 13.1 Å². The van der Waals surface area contributed by atoms with Crippen LogP contribution < -0.4 is 0 Å². The molecule has 1 aromatic heterocycles. The molecule has 1 aromatic rings. The third-order valence-electron chi connectivity index (χ3n) is 2.69. The highest BCUT2D eigenvalue weighted by Crippen LogP contribution is 2.17. The van der Waals surface area contributed by atoms with E-state index >= 15 is 0 Å². The molecule has 1 saturated heterocycles. The number of rotatable bonds is 1. The zero-order valence-corrected chi connectivity index (χ0v) is 12.2. The van der Waals surface area contributed by atoms with E-state index in [-0.39, 0.29) is 18.4 Å². The van der Waals surface area contributed by atoms with Crippen molar-refractivity contribution in [1.82, 2.24) is 9.80 Å². The van der Waals surface area contributed by atoms with Crippen LogP contribution in [0.3, 0.4) is 0 Å². The number of piperazine rings is 1. The molecule has 1 aliphatic heterocycles. The average Bonchev–Trinajstić information content (AvgIpc) is 2.81. The number of likely N-dealkylation sites (N-methyl/N-ethyl adjacent to an activating group) is 1. The molecule has 0 bridgehead atoms. The summed E-state index contributed by atoms with van der Waals surface area (Å²) in [4.78, 5) is 27.5. The van der Waals surface area contributed by atoms with Crippen molar-refractivity contribution >= 4 is 23.2 Å². The predicted molar refractivity (Wildman–Crippen MR) is 73.9 cm³/mol. The number of carbonyl (C=O) groups is 2. The maximum atomic E-state index is 12.0. The van der Waals surface area contributed by atoms with Crippen LogP contribution in [0.1, 0.15) is 29.1 Å². The molecule has 1 aliphatic rings. The van der Waals surface area contributed by atoms with Gasteiger partial charge >= 0.3 is 0 Å². The zero-order valence-electron chi connectivity index (χ0n) is 11.4. The lowest BCUT2D eigenvalue weighted by Gasteiger charge is -2.31. The summed E-state index contributed by atoms with van der Waals surface area (Å²) in [5.41, 5.74) is 1.09. The molecule has 2 amide bonds. The fraction of sp³-hybridized carbons (Fsp3) is 0.538. The Morgan fingerprint density at radius 2 is 2.00 bits per heavy atom. The van der Waals surface area contributed by atoms with E-state index in [2.05, 4.69) is 0 Å². The van der Waals surface area contributed by atoms with Gasteiger partial charge in [0, 0.05) is 20.1 Å². The molecule has 18 heavy (non-hydrogen) atoms. The van der Waals surface area contributed by atoms with E-state index in [1.54, 1.807) is 16.8 Å². The molecule has 2 heterocycles. The second-order valence-electron chi connectivity index (χ2n) is 4.03. The zero-order chi connectivity index (χ0) is 13.7. The lowest BCUT2D eigenvalue weighted by Crippen LogP contribution is -2.50. The minimum absolute atomic E-state index is 0.00729. The van der Waals surface area contributed by atoms with Crippen LogP contribution >= 0.6 is 11.3 Å². The van der Waals surface area contributed by atoms with Gasteiger partial charge in [0.2, 0.25) is 5.91 Å². The first kappa shape index (κ1) is 14.7. The second kappa shape index (κ2) is 6.54. The molecule has 5 heteroatoms. The van der Waals surface area contributed by atoms with Crippen LogP contribution in [-0.2, 0) is 4.79 Å². The van der Waals surface area contributed by atoms with E-state index in [1.165, 1.54) is 11.3 Å². The molecule has 2 rings (SSSR count). The van der Waals surface area contributed by atoms with Gasteiger partial charge < -0.3 is 9.80 Å². The summed E-state index contributed by atoms with van der Waals surface area (Å²) < 4.78 is 0. The first-order valence-electron chi connectivity index (χ1n) is 6.16. The standard InChI is InChI=1S/C11H14N2O2S.C2H6/c1-8-5-9(16-7-8)11(15)13-4-3-12(2)10(14)6-13;1-2/h5,7H,3-4,6H2,1-2H3;1-2H3. The van der Waals surface area contributed by atoms with Gasteiger partial charge in [-0.1, -0.05) is 13.8 Å². The molecule has 0 aliphatic carbocycles. The van der Waals surface area contributed by atoms with Gasteiger partial charge in [0.1, 0.15) is 6.54 Å². The Bertz CT molecular complexity index is 428. The lowest BCUT2D eigenvalue weighted by molar-refractivity contribution is -0.133. The van der Waals surface area contributed by atoms with Crippen molar-refractivity contribution in [2.75, 3.05) is 26.7 Å². The fourth-order valence-corrected chi connectivity index (χ4v) is 2.50. The van der Waals surface area contributed by atoms with Crippen LogP contribution in [0.25, 0.3) is 0 Å². The highest BCUT2D eigenvalue weighted by Gasteiger charge is 2.26. The summed E-state index contributed by atoms with van der Waals surface area (Å²) in [6, 6.07) is 1.87. The lowest BCUT2D eigenvalue weighted by atomic mass is 10.2. The number of hydrogen-bond acceptors (Lipinski definition) is 3. The number of nitrogens with zero attached hydrogens (tertiary/aromatic N) is 2. The second-order valence-corrected chi connectivity index (χ2v) is 4.94. The van der Waals surface area contributed by atoms with Crippen molar-refractivity contribution < 1.29 is 9.59 Å². The molecule has 0 N–H and O–H groups in total. The Labute approximate surface area is 112 Å². The SMILES string of the molecule is CC.Cc1csc(C(=O)N2CCN(C)C(=O)C2)c1. The van der Waals surface area contributed by atoms with E-state index in [4.69, 9.17) is 0 Å². The molecular weight excluding hydrogens is 248 g/mol. The summed E-state index contributed by atoms with van der Waals surface area (Å²) in [6.07, 6.45) is 0. The summed E-state index contributed by atoms with van der Waals surface area (Å²) >= 11 is 1.44. The van der Waals surface area contributed by atoms with Gasteiger partial charge in [0.15, 0.2) is 0 Å². The van der Waals surface area contributed by atoms with Gasteiger partial charge in [0.25, 0.3) is 5.91 Å². The first-order valence-corrected chi connectivity index (χ1v) is 7.04. The monoisotopic (exact) mass is 268 g/mol. The molecule has 100 valence electrons.